The third kappa shape index (κ3) is 4.20. The number of aliphatic hydroxyl groups is 1. The highest BCUT2D eigenvalue weighted by atomic mass is 19.1. The zero-order chi connectivity index (χ0) is 15.1. The maximum atomic E-state index is 13.2. The molecule has 108 valence electrons. The van der Waals surface area contributed by atoms with Gasteiger partial charge in [0.25, 0.3) is 5.56 Å². The van der Waals surface area contributed by atoms with Crippen LogP contribution in [-0.4, -0.2) is 22.9 Å². The Kier molecular flexibility index (Phi) is 5.13. The summed E-state index contributed by atoms with van der Waals surface area (Å²) < 4.78 is 20.2. The summed E-state index contributed by atoms with van der Waals surface area (Å²) in [7, 11) is 0. The van der Waals surface area contributed by atoms with Gasteiger partial charge in [-0.15, -0.1) is 0 Å². The van der Waals surface area contributed by atoms with Crippen LogP contribution in [0.5, 0.6) is 5.75 Å². The number of ether oxygens (including phenoxy) is 1. The van der Waals surface area contributed by atoms with E-state index in [-0.39, 0.29) is 18.8 Å². The van der Waals surface area contributed by atoms with Crippen LogP contribution in [0.3, 0.4) is 0 Å². The molecule has 5 heteroatoms. The molecule has 0 amide bonds. The number of halogens is 1. The molecule has 1 aromatic heterocycles. The van der Waals surface area contributed by atoms with Crippen molar-refractivity contribution in [3.8, 4) is 17.6 Å². The predicted octanol–water partition coefficient (Wildman–Crippen LogP) is 1.41. The van der Waals surface area contributed by atoms with E-state index in [0.717, 1.165) is 0 Å². The second-order valence-corrected chi connectivity index (χ2v) is 4.18. The quantitative estimate of drug-likeness (QED) is 0.865. The van der Waals surface area contributed by atoms with Gasteiger partial charge in [0.05, 0.1) is 12.1 Å². The SMILES string of the molecule is O=c1ccccn1CCOc1ccc(F)cc1C#CCO. The molecule has 4 nitrogen and oxygen atoms in total. The Hall–Kier alpha value is -2.58. The molecule has 2 aromatic rings. The number of benzene rings is 1. The first-order valence-electron chi connectivity index (χ1n) is 6.38. The van der Waals surface area contributed by atoms with Crippen molar-refractivity contribution in [1.29, 1.82) is 0 Å². The number of rotatable bonds is 4. The molecule has 0 unspecified atom stereocenters. The molecule has 0 saturated heterocycles. The molecule has 1 heterocycles. The molecule has 0 saturated carbocycles. The van der Waals surface area contributed by atoms with Gasteiger partial charge in [0.2, 0.25) is 0 Å². The molecular formula is C16H14FNO3. The second-order valence-electron chi connectivity index (χ2n) is 4.18. The number of aromatic nitrogens is 1. The van der Waals surface area contributed by atoms with Crippen LogP contribution < -0.4 is 10.3 Å². The van der Waals surface area contributed by atoms with Gasteiger partial charge in [0.15, 0.2) is 0 Å². The summed E-state index contributed by atoms with van der Waals surface area (Å²) >= 11 is 0. The van der Waals surface area contributed by atoms with Crippen LogP contribution in [0, 0.1) is 17.7 Å². The molecule has 0 radical (unpaired) electrons. The molecule has 0 atom stereocenters. The fourth-order valence-electron chi connectivity index (χ4n) is 1.76. The first kappa shape index (κ1) is 14.8. The Morgan fingerprint density at radius 1 is 1.29 bits per heavy atom. The van der Waals surface area contributed by atoms with Crippen LogP contribution in [0.2, 0.25) is 0 Å². The van der Waals surface area contributed by atoms with E-state index in [1.165, 1.54) is 28.8 Å². The number of hydrogen-bond acceptors (Lipinski definition) is 3. The van der Waals surface area contributed by atoms with Crippen molar-refractivity contribution in [3.05, 3.63) is 64.3 Å². The van der Waals surface area contributed by atoms with E-state index < -0.39 is 5.82 Å². The summed E-state index contributed by atoms with van der Waals surface area (Å²) in [6, 6.07) is 8.89. The average Bonchev–Trinajstić information content (AvgIpc) is 2.49. The lowest BCUT2D eigenvalue weighted by Gasteiger charge is -2.09. The van der Waals surface area contributed by atoms with Crippen molar-refractivity contribution in [2.45, 2.75) is 6.54 Å². The molecule has 0 aliphatic rings. The van der Waals surface area contributed by atoms with Crippen LogP contribution in [0.15, 0.2) is 47.4 Å². The van der Waals surface area contributed by atoms with Gasteiger partial charge in [-0.2, -0.15) is 0 Å². The lowest BCUT2D eigenvalue weighted by molar-refractivity contribution is 0.295. The van der Waals surface area contributed by atoms with Gasteiger partial charge in [0, 0.05) is 12.3 Å². The highest BCUT2D eigenvalue weighted by molar-refractivity contribution is 5.46. The van der Waals surface area contributed by atoms with Crippen LogP contribution in [-0.2, 0) is 6.54 Å². The average molecular weight is 287 g/mol. The Labute approximate surface area is 121 Å². The largest absolute Gasteiger partial charge is 0.490 e. The minimum Gasteiger partial charge on any atom is -0.490 e. The van der Waals surface area contributed by atoms with Crippen LogP contribution >= 0.6 is 0 Å². The Bertz CT molecular complexity index is 728. The smallest absolute Gasteiger partial charge is 0.250 e. The van der Waals surface area contributed by atoms with E-state index in [9.17, 15) is 9.18 Å². The topological polar surface area (TPSA) is 51.5 Å². The Balaban J connectivity index is 2.06. The van der Waals surface area contributed by atoms with Gasteiger partial charge in [0.1, 0.15) is 24.8 Å². The van der Waals surface area contributed by atoms with Crippen molar-refractivity contribution in [1.82, 2.24) is 4.57 Å². The van der Waals surface area contributed by atoms with E-state index in [1.807, 2.05) is 0 Å². The molecule has 1 N–H and O–H groups in total. The third-order valence-electron chi connectivity index (χ3n) is 2.73. The predicted molar refractivity (Wildman–Crippen MR) is 76.6 cm³/mol. The summed E-state index contributed by atoms with van der Waals surface area (Å²) in [6.07, 6.45) is 1.67. The molecule has 0 spiro atoms. The lowest BCUT2D eigenvalue weighted by Crippen LogP contribution is -2.21. The Morgan fingerprint density at radius 3 is 2.90 bits per heavy atom. The first-order chi connectivity index (χ1) is 10.2. The minimum atomic E-state index is -0.427. The Morgan fingerprint density at radius 2 is 2.14 bits per heavy atom. The minimum absolute atomic E-state index is 0.111. The van der Waals surface area contributed by atoms with E-state index >= 15 is 0 Å². The molecule has 2 rings (SSSR count). The van der Waals surface area contributed by atoms with Crippen LogP contribution in [0.1, 0.15) is 5.56 Å². The fraction of sp³-hybridized carbons (Fsp3) is 0.188. The van der Waals surface area contributed by atoms with Gasteiger partial charge in [-0.25, -0.2) is 4.39 Å². The monoisotopic (exact) mass is 287 g/mol. The maximum Gasteiger partial charge on any atom is 0.250 e. The molecule has 21 heavy (non-hydrogen) atoms. The van der Waals surface area contributed by atoms with Gasteiger partial charge in [-0.05, 0) is 24.3 Å². The standard InChI is InChI=1S/C16H14FNO3/c17-14-6-7-15(13(12-14)4-3-10-19)21-11-9-18-8-2-1-5-16(18)20/h1-2,5-8,12,19H,9-11H2. The van der Waals surface area contributed by atoms with Gasteiger partial charge in [-0.1, -0.05) is 17.9 Å². The number of aliphatic hydroxyl groups excluding tert-OH is 1. The third-order valence-corrected chi connectivity index (χ3v) is 2.73. The normalized spacial score (nSPS) is 9.81. The van der Waals surface area contributed by atoms with Crippen molar-refractivity contribution < 1.29 is 14.2 Å². The van der Waals surface area contributed by atoms with E-state index in [0.29, 0.717) is 17.9 Å². The molecule has 0 fully saturated rings. The van der Waals surface area contributed by atoms with Gasteiger partial charge in [-0.3, -0.25) is 4.79 Å². The van der Waals surface area contributed by atoms with Crippen LogP contribution in [0.25, 0.3) is 0 Å². The molecule has 0 aliphatic heterocycles. The van der Waals surface area contributed by atoms with E-state index in [1.54, 1.807) is 18.3 Å². The van der Waals surface area contributed by atoms with Gasteiger partial charge < -0.3 is 14.4 Å². The second kappa shape index (κ2) is 7.27. The molecule has 0 aliphatic carbocycles. The highest BCUT2D eigenvalue weighted by Crippen LogP contribution is 2.18. The zero-order valence-corrected chi connectivity index (χ0v) is 11.3. The number of pyridine rings is 1. The summed E-state index contributed by atoms with van der Waals surface area (Å²) in [5, 5.41) is 8.70. The highest BCUT2D eigenvalue weighted by Gasteiger charge is 2.04. The molecule has 0 bridgehead atoms. The zero-order valence-electron chi connectivity index (χ0n) is 11.3. The van der Waals surface area contributed by atoms with Gasteiger partial charge >= 0.3 is 0 Å². The maximum absolute atomic E-state index is 13.2. The number of nitrogens with zero attached hydrogens (tertiary/aromatic N) is 1. The summed E-state index contributed by atoms with van der Waals surface area (Å²) in [4.78, 5) is 11.5. The van der Waals surface area contributed by atoms with Crippen molar-refractivity contribution in [2.75, 3.05) is 13.2 Å². The summed E-state index contributed by atoms with van der Waals surface area (Å²) in [6.45, 7) is 0.322. The van der Waals surface area contributed by atoms with Crippen molar-refractivity contribution >= 4 is 0 Å². The molecule has 1 aromatic carbocycles. The van der Waals surface area contributed by atoms with E-state index in [2.05, 4.69) is 11.8 Å². The first-order valence-corrected chi connectivity index (χ1v) is 6.38. The summed E-state index contributed by atoms with van der Waals surface area (Å²) in [5.74, 6) is 5.07. The number of hydrogen-bond donors (Lipinski definition) is 1. The lowest BCUT2D eigenvalue weighted by atomic mass is 10.2. The molecular weight excluding hydrogens is 273 g/mol. The van der Waals surface area contributed by atoms with Crippen molar-refractivity contribution in [2.24, 2.45) is 0 Å². The van der Waals surface area contributed by atoms with E-state index in [4.69, 9.17) is 9.84 Å². The van der Waals surface area contributed by atoms with Crippen LogP contribution in [0.4, 0.5) is 4.39 Å². The van der Waals surface area contributed by atoms with Crippen molar-refractivity contribution in [3.63, 3.8) is 0 Å². The summed E-state index contributed by atoms with van der Waals surface area (Å²) in [5.41, 5.74) is 0.255. The fourth-order valence-corrected chi connectivity index (χ4v) is 1.76.